The number of nitro groups is 1. The first-order valence-electron chi connectivity index (χ1n) is 5.61. The van der Waals surface area contributed by atoms with Crippen molar-refractivity contribution in [2.45, 2.75) is 0 Å². The van der Waals surface area contributed by atoms with Gasteiger partial charge < -0.3 is 4.74 Å². The highest BCUT2D eigenvalue weighted by Gasteiger charge is 2.19. The molecule has 0 aromatic heterocycles. The van der Waals surface area contributed by atoms with Crippen molar-refractivity contribution in [1.29, 1.82) is 0 Å². The Hall–Kier alpha value is -3.02. The molecule has 0 bridgehead atoms. The fourth-order valence-electron chi connectivity index (χ4n) is 1.64. The second-order valence-electron chi connectivity index (χ2n) is 3.86. The van der Waals surface area contributed by atoms with Gasteiger partial charge in [-0.2, -0.15) is 0 Å². The van der Waals surface area contributed by atoms with Gasteiger partial charge in [-0.25, -0.2) is 0 Å². The minimum absolute atomic E-state index is 0.0385. The number of nitrogens with zero attached hydrogens (tertiary/aromatic N) is 1. The Bertz CT molecular complexity index is 667. The van der Waals surface area contributed by atoms with Crippen molar-refractivity contribution in [3.05, 3.63) is 63.7 Å². The van der Waals surface area contributed by atoms with Gasteiger partial charge in [-0.05, 0) is 18.2 Å². The number of para-hydroxylation sites is 1. The average Bonchev–Trinajstić information content (AvgIpc) is 2.47. The Morgan fingerprint density at radius 3 is 2.15 bits per heavy atom. The first-order chi connectivity index (χ1) is 9.65. The maximum atomic E-state index is 11.0. The Kier molecular flexibility index (Phi) is 3.85. The van der Waals surface area contributed by atoms with Crippen LogP contribution in [0.1, 0.15) is 20.7 Å². The molecule has 6 nitrogen and oxygen atoms in total. The molecule has 2 aromatic carbocycles. The Labute approximate surface area is 113 Å². The number of benzene rings is 2. The van der Waals surface area contributed by atoms with Crippen molar-refractivity contribution >= 4 is 18.3 Å². The summed E-state index contributed by atoms with van der Waals surface area (Å²) in [6, 6.07) is 10.6. The standard InChI is InChI=1S/C14H9NO5/c16-8-10-6-13(15(18)19)14(7-11(10)9-17)20-12-4-2-1-3-5-12/h1-9H. The molecule has 0 N–H and O–H groups in total. The Morgan fingerprint density at radius 2 is 1.60 bits per heavy atom. The number of carbonyl (C=O) groups excluding carboxylic acids is 2. The molecule has 2 aromatic rings. The van der Waals surface area contributed by atoms with Crippen LogP contribution < -0.4 is 4.74 Å². The van der Waals surface area contributed by atoms with Crippen LogP contribution in [-0.4, -0.2) is 17.5 Å². The lowest BCUT2D eigenvalue weighted by Crippen LogP contribution is -1.99. The number of aldehydes is 2. The van der Waals surface area contributed by atoms with E-state index in [4.69, 9.17) is 4.74 Å². The van der Waals surface area contributed by atoms with Crippen molar-refractivity contribution in [2.75, 3.05) is 0 Å². The second-order valence-corrected chi connectivity index (χ2v) is 3.86. The molecule has 6 heteroatoms. The zero-order valence-corrected chi connectivity index (χ0v) is 10.2. The molecular weight excluding hydrogens is 262 g/mol. The van der Waals surface area contributed by atoms with E-state index in [0.717, 1.165) is 6.07 Å². The monoisotopic (exact) mass is 271 g/mol. The first kappa shape index (κ1) is 13.4. The summed E-state index contributed by atoms with van der Waals surface area (Å²) in [5.74, 6) is 0.306. The average molecular weight is 271 g/mol. The van der Waals surface area contributed by atoms with E-state index in [1.807, 2.05) is 0 Å². The largest absolute Gasteiger partial charge is 0.450 e. The Balaban J connectivity index is 2.52. The molecule has 0 radical (unpaired) electrons. The molecular formula is C14H9NO5. The van der Waals surface area contributed by atoms with E-state index in [1.54, 1.807) is 30.3 Å². The van der Waals surface area contributed by atoms with E-state index < -0.39 is 4.92 Å². The predicted molar refractivity (Wildman–Crippen MR) is 70.4 cm³/mol. The van der Waals surface area contributed by atoms with Crippen LogP contribution >= 0.6 is 0 Å². The molecule has 0 fully saturated rings. The fourth-order valence-corrected chi connectivity index (χ4v) is 1.64. The van der Waals surface area contributed by atoms with Crippen LogP contribution in [0.25, 0.3) is 0 Å². The smallest absolute Gasteiger partial charge is 0.312 e. The fraction of sp³-hybridized carbons (Fsp3) is 0. The minimum Gasteiger partial charge on any atom is -0.450 e. The molecule has 0 unspecified atom stereocenters. The summed E-state index contributed by atoms with van der Waals surface area (Å²) in [4.78, 5) is 32.0. The molecule has 20 heavy (non-hydrogen) atoms. The van der Waals surface area contributed by atoms with Gasteiger partial charge in [0, 0.05) is 17.2 Å². The number of nitro benzene ring substituents is 1. The van der Waals surface area contributed by atoms with E-state index in [0.29, 0.717) is 18.3 Å². The van der Waals surface area contributed by atoms with Crippen molar-refractivity contribution in [1.82, 2.24) is 0 Å². The molecule has 0 aliphatic rings. The molecule has 0 saturated heterocycles. The predicted octanol–water partition coefficient (Wildman–Crippen LogP) is 3.01. The number of hydrogen-bond acceptors (Lipinski definition) is 5. The first-order valence-corrected chi connectivity index (χ1v) is 5.61. The Morgan fingerprint density at radius 1 is 1.00 bits per heavy atom. The van der Waals surface area contributed by atoms with Gasteiger partial charge >= 0.3 is 5.69 Å². The summed E-state index contributed by atoms with van der Waals surface area (Å²) in [5, 5.41) is 11.0. The molecule has 0 aliphatic heterocycles. The van der Waals surface area contributed by atoms with Gasteiger partial charge in [0.2, 0.25) is 5.75 Å². The summed E-state index contributed by atoms with van der Waals surface area (Å²) in [5.41, 5.74) is -0.384. The summed E-state index contributed by atoms with van der Waals surface area (Å²) < 4.78 is 5.40. The van der Waals surface area contributed by atoms with Gasteiger partial charge in [0.1, 0.15) is 5.75 Å². The normalized spacial score (nSPS) is 9.80. The quantitative estimate of drug-likeness (QED) is 0.474. The molecule has 0 aliphatic carbocycles. The van der Waals surface area contributed by atoms with Crippen LogP contribution in [-0.2, 0) is 0 Å². The highest BCUT2D eigenvalue weighted by molar-refractivity contribution is 5.92. The molecule has 0 amide bonds. The van der Waals surface area contributed by atoms with E-state index in [-0.39, 0.29) is 22.6 Å². The highest BCUT2D eigenvalue weighted by Crippen LogP contribution is 2.33. The lowest BCUT2D eigenvalue weighted by Gasteiger charge is -2.07. The summed E-state index contributed by atoms with van der Waals surface area (Å²) in [6.07, 6.45) is 0.842. The molecule has 0 atom stereocenters. The number of rotatable bonds is 5. The van der Waals surface area contributed by atoms with Gasteiger partial charge in [0.05, 0.1) is 4.92 Å². The van der Waals surface area contributed by atoms with E-state index in [9.17, 15) is 19.7 Å². The van der Waals surface area contributed by atoms with Gasteiger partial charge in [-0.3, -0.25) is 19.7 Å². The summed E-state index contributed by atoms with van der Waals surface area (Å²) in [7, 11) is 0. The molecule has 2 rings (SSSR count). The number of carbonyl (C=O) groups is 2. The van der Waals surface area contributed by atoms with Crippen molar-refractivity contribution < 1.29 is 19.2 Å². The third-order valence-electron chi connectivity index (χ3n) is 2.59. The van der Waals surface area contributed by atoms with Crippen LogP contribution in [0, 0.1) is 10.1 Å². The summed E-state index contributed by atoms with van der Waals surface area (Å²) >= 11 is 0. The number of hydrogen-bond donors (Lipinski definition) is 0. The molecule has 0 saturated carbocycles. The number of ether oxygens (including phenoxy) is 1. The van der Waals surface area contributed by atoms with Crippen LogP contribution in [0.4, 0.5) is 5.69 Å². The zero-order valence-electron chi connectivity index (χ0n) is 10.2. The zero-order chi connectivity index (χ0) is 14.5. The van der Waals surface area contributed by atoms with Crippen LogP contribution in [0.3, 0.4) is 0 Å². The molecule has 0 heterocycles. The maximum absolute atomic E-state index is 11.0. The van der Waals surface area contributed by atoms with Crippen LogP contribution in [0.15, 0.2) is 42.5 Å². The minimum atomic E-state index is -0.667. The highest BCUT2D eigenvalue weighted by atomic mass is 16.6. The molecule has 100 valence electrons. The second kappa shape index (κ2) is 5.75. The van der Waals surface area contributed by atoms with E-state index in [2.05, 4.69) is 0 Å². The van der Waals surface area contributed by atoms with E-state index in [1.165, 1.54) is 6.07 Å². The lowest BCUT2D eigenvalue weighted by atomic mass is 10.1. The SMILES string of the molecule is O=Cc1cc(Oc2ccccc2)c([N+](=O)[O-])cc1C=O. The molecule has 0 spiro atoms. The van der Waals surface area contributed by atoms with E-state index >= 15 is 0 Å². The maximum Gasteiger partial charge on any atom is 0.312 e. The lowest BCUT2D eigenvalue weighted by molar-refractivity contribution is -0.385. The van der Waals surface area contributed by atoms with Crippen LogP contribution in [0.5, 0.6) is 11.5 Å². The van der Waals surface area contributed by atoms with Crippen LogP contribution in [0.2, 0.25) is 0 Å². The third kappa shape index (κ3) is 2.69. The van der Waals surface area contributed by atoms with Crippen molar-refractivity contribution in [3.63, 3.8) is 0 Å². The van der Waals surface area contributed by atoms with Crippen molar-refractivity contribution in [3.8, 4) is 11.5 Å². The van der Waals surface area contributed by atoms with Gasteiger partial charge in [-0.1, -0.05) is 18.2 Å². The van der Waals surface area contributed by atoms with Gasteiger partial charge in [0.25, 0.3) is 0 Å². The van der Waals surface area contributed by atoms with Gasteiger partial charge in [0.15, 0.2) is 12.6 Å². The van der Waals surface area contributed by atoms with Crippen molar-refractivity contribution in [2.24, 2.45) is 0 Å². The topological polar surface area (TPSA) is 86.5 Å². The van der Waals surface area contributed by atoms with Gasteiger partial charge in [-0.15, -0.1) is 0 Å². The third-order valence-corrected chi connectivity index (χ3v) is 2.59. The summed E-state index contributed by atoms with van der Waals surface area (Å²) in [6.45, 7) is 0.